The molecule has 0 aliphatic heterocycles. The molecule has 2 heteroatoms. The zero-order chi connectivity index (χ0) is 9.56. The molecule has 0 bridgehead atoms. The van der Waals surface area contributed by atoms with Crippen LogP contribution < -0.4 is 0 Å². The van der Waals surface area contributed by atoms with E-state index < -0.39 is 8.96 Å². The first-order chi connectivity index (χ1) is 5.61. The average Bonchev–Trinajstić information content (AvgIpc) is 1.98. The van der Waals surface area contributed by atoms with Crippen molar-refractivity contribution in [2.24, 2.45) is 0 Å². The Morgan fingerprint density at radius 3 is 2.25 bits per heavy atom. The summed E-state index contributed by atoms with van der Waals surface area (Å²) in [7, 11) is -0.721. The first-order valence-electron chi connectivity index (χ1n) is 5.00. The molecule has 0 spiro atoms. The van der Waals surface area contributed by atoms with Crippen molar-refractivity contribution >= 4 is 8.96 Å². The van der Waals surface area contributed by atoms with Gasteiger partial charge < -0.3 is 4.57 Å². The summed E-state index contributed by atoms with van der Waals surface area (Å²) in [5.74, 6) is 0. The summed E-state index contributed by atoms with van der Waals surface area (Å²) in [5.41, 5.74) is 3.95. The second kappa shape index (κ2) is 6.43. The van der Waals surface area contributed by atoms with Gasteiger partial charge >= 0.3 is 0 Å². The number of hydrogen-bond donors (Lipinski definition) is 0. The van der Waals surface area contributed by atoms with Crippen LogP contribution in [0.15, 0.2) is 11.3 Å². The topological polar surface area (TPSA) is 3.24 Å². The lowest BCUT2D eigenvalue weighted by Gasteiger charge is -2.24. The van der Waals surface area contributed by atoms with Gasteiger partial charge in [0.05, 0.1) is 0 Å². The van der Waals surface area contributed by atoms with Crippen molar-refractivity contribution in [3.8, 4) is 0 Å². The quantitative estimate of drug-likeness (QED) is 0.595. The molecule has 0 rings (SSSR count). The van der Waals surface area contributed by atoms with Gasteiger partial charge in [-0.05, 0) is 33.4 Å². The van der Waals surface area contributed by atoms with E-state index in [0.717, 1.165) is 0 Å². The Morgan fingerprint density at radius 2 is 1.92 bits per heavy atom. The van der Waals surface area contributed by atoms with E-state index >= 15 is 0 Å². The summed E-state index contributed by atoms with van der Waals surface area (Å²) >= 11 is 0. The lowest BCUT2D eigenvalue weighted by molar-refractivity contribution is 0.459. The zero-order valence-electron chi connectivity index (χ0n) is 9.22. The molecule has 0 aliphatic carbocycles. The van der Waals surface area contributed by atoms with Crippen LogP contribution in [0.4, 0.5) is 0 Å². The largest absolute Gasteiger partial charge is 0.323 e. The van der Waals surface area contributed by atoms with Gasteiger partial charge in [-0.3, -0.25) is 0 Å². The molecule has 1 nitrogen and oxygen atoms in total. The SMILES string of the molecule is CCCN(CC)[SiH](C)C=C(C)C. The number of nitrogens with zero attached hydrogens (tertiary/aromatic N) is 1. The van der Waals surface area contributed by atoms with Gasteiger partial charge in [0.25, 0.3) is 0 Å². The predicted molar refractivity (Wildman–Crippen MR) is 60.0 cm³/mol. The van der Waals surface area contributed by atoms with E-state index in [1.54, 1.807) is 0 Å². The summed E-state index contributed by atoms with van der Waals surface area (Å²) in [6, 6.07) is 0. The minimum absolute atomic E-state index is 0.721. The molecule has 0 amide bonds. The maximum absolute atomic E-state index is 2.63. The van der Waals surface area contributed by atoms with Gasteiger partial charge in [-0.25, -0.2) is 0 Å². The molecule has 0 N–H and O–H groups in total. The van der Waals surface area contributed by atoms with Crippen LogP contribution in [-0.4, -0.2) is 26.6 Å². The summed E-state index contributed by atoms with van der Waals surface area (Å²) < 4.78 is 2.63. The normalized spacial score (nSPS) is 13.2. The first-order valence-corrected chi connectivity index (χ1v) is 7.34. The standard InChI is InChI=1S/C10H23NSi/c1-6-8-11(7-2)12(5)9-10(3)4/h9,12H,6-8H2,1-5H3. The van der Waals surface area contributed by atoms with Gasteiger partial charge in [0.15, 0.2) is 0 Å². The second-order valence-electron chi connectivity index (χ2n) is 3.61. The van der Waals surface area contributed by atoms with E-state index in [2.05, 4.69) is 44.5 Å². The van der Waals surface area contributed by atoms with Gasteiger partial charge in [0.2, 0.25) is 0 Å². The molecule has 72 valence electrons. The fourth-order valence-corrected chi connectivity index (χ4v) is 3.94. The van der Waals surface area contributed by atoms with E-state index in [9.17, 15) is 0 Å². The molecule has 0 aromatic heterocycles. The lowest BCUT2D eigenvalue weighted by atomic mass is 10.4. The van der Waals surface area contributed by atoms with Crippen LogP contribution in [0.25, 0.3) is 0 Å². The van der Waals surface area contributed by atoms with Gasteiger partial charge in [-0.2, -0.15) is 0 Å². The van der Waals surface area contributed by atoms with Crippen molar-refractivity contribution in [1.82, 2.24) is 4.57 Å². The first kappa shape index (κ1) is 11.9. The van der Waals surface area contributed by atoms with Crippen LogP contribution in [0.3, 0.4) is 0 Å². The third kappa shape index (κ3) is 4.73. The van der Waals surface area contributed by atoms with Crippen LogP contribution in [-0.2, 0) is 0 Å². The monoisotopic (exact) mass is 185 g/mol. The van der Waals surface area contributed by atoms with Crippen LogP contribution in [0.1, 0.15) is 34.1 Å². The second-order valence-corrected chi connectivity index (χ2v) is 6.16. The van der Waals surface area contributed by atoms with Crippen molar-refractivity contribution in [2.45, 2.75) is 40.7 Å². The van der Waals surface area contributed by atoms with E-state index in [1.807, 2.05) is 0 Å². The molecule has 0 heterocycles. The van der Waals surface area contributed by atoms with Gasteiger partial charge in [-0.1, -0.05) is 31.7 Å². The summed E-state index contributed by atoms with van der Waals surface area (Å²) in [5, 5.41) is 0. The molecule has 0 radical (unpaired) electrons. The average molecular weight is 185 g/mol. The summed E-state index contributed by atoms with van der Waals surface area (Å²) in [6.07, 6.45) is 1.28. The van der Waals surface area contributed by atoms with Gasteiger partial charge in [0, 0.05) is 0 Å². The molecular formula is C10H23NSi. The molecule has 0 saturated heterocycles. The lowest BCUT2D eigenvalue weighted by Crippen LogP contribution is -2.36. The molecule has 0 saturated carbocycles. The third-order valence-corrected chi connectivity index (χ3v) is 4.99. The minimum Gasteiger partial charge on any atom is -0.323 e. The minimum atomic E-state index is -0.721. The van der Waals surface area contributed by atoms with Crippen molar-refractivity contribution in [2.75, 3.05) is 13.1 Å². The van der Waals surface area contributed by atoms with Crippen LogP contribution in [0, 0.1) is 0 Å². The molecular weight excluding hydrogens is 162 g/mol. The third-order valence-electron chi connectivity index (χ3n) is 2.07. The Kier molecular flexibility index (Phi) is 6.39. The van der Waals surface area contributed by atoms with Gasteiger partial charge in [0.1, 0.15) is 8.96 Å². The predicted octanol–water partition coefficient (Wildman–Crippen LogP) is 2.58. The molecule has 1 unspecified atom stereocenters. The van der Waals surface area contributed by atoms with E-state index in [4.69, 9.17) is 0 Å². The maximum atomic E-state index is 2.63. The van der Waals surface area contributed by atoms with E-state index in [1.165, 1.54) is 25.1 Å². The summed E-state index contributed by atoms with van der Waals surface area (Å²) in [4.78, 5) is 0. The van der Waals surface area contributed by atoms with Crippen molar-refractivity contribution in [3.05, 3.63) is 11.3 Å². The Morgan fingerprint density at radius 1 is 1.33 bits per heavy atom. The number of allylic oxidation sites excluding steroid dienone is 1. The highest BCUT2D eigenvalue weighted by atomic mass is 28.3. The molecule has 0 aromatic rings. The smallest absolute Gasteiger partial charge is 0.133 e. The number of hydrogen-bond acceptors (Lipinski definition) is 1. The molecule has 0 fully saturated rings. The van der Waals surface area contributed by atoms with Crippen LogP contribution >= 0.6 is 0 Å². The zero-order valence-corrected chi connectivity index (χ0v) is 10.4. The van der Waals surface area contributed by atoms with Crippen molar-refractivity contribution in [3.63, 3.8) is 0 Å². The molecule has 0 aliphatic rings. The Bertz CT molecular complexity index is 139. The highest BCUT2D eigenvalue weighted by Crippen LogP contribution is 2.01. The molecule has 0 aromatic carbocycles. The van der Waals surface area contributed by atoms with E-state index in [0.29, 0.717) is 0 Å². The summed E-state index contributed by atoms with van der Waals surface area (Å²) in [6.45, 7) is 13.8. The van der Waals surface area contributed by atoms with Crippen molar-refractivity contribution in [1.29, 1.82) is 0 Å². The molecule has 1 atom stereocenters. The Hall–Kier alpha value is -0.0831. The maximum Gasteiger partial charge on any atom is 0.133 e. The van der Waals surface area contributed by atoms with Crippen LogP contribution in [0.5, 0.6) is 0 Å². The Labute approximate surface area is 79.2 Å². The fourth-order valence-electron chi connectivity index (χ4n) is 1.52. The van der Waals surface area contributed by atoms with Gasteiger partial charge in [-0.15, -0.1) is 0 Å². The fraction of sp³-hybridized carbons (Fsp3) is 0.800. The number of rotatable bonds is 5. The molecule has 12 heavy (non-hydrogen) atoms. The highest BCUT2D eigenvalue weighted by Gasteiger charge is 2.08. The van der Waals surface area contributed by atoms with Crippen LogP contribution in [0.2, 0.25) is 6.55 Å². The Balaban J connectivity index is 4.02. The van der Waals surface area contributed by atoms with E-state index in [-0.39, 0.29) is 0 Å². The van der Waals surface area contributed by atoms with Crippen molar-refractivity contribution < 1.29 is 0 Å². The highest BCUT2D eigenvalue weighted by molar-refractivity contribution is 6.60.